The van der Waals surface area contributed by atoms with Gasteiger partial charge in [-0.05, 0) is 42.7 Å². The maximum atomic E-state index is 12.1. The topological polar surface area (TPSA) is 66.5 Å². The maximum Gasteiger partial charge on any atom is 0.261 e. The number of aryl methyl sites for hydroxylation is 2. The quantitative estimate of drug-likeness (QED) is 0.880. The Morgan fingerprint density at radius 1 is 1.04 bits per heavy atom. The van der Waals surface area contributed by atoms with Gasteiger partial charge in [0.1, 0.15) is 0 Å². The van der Waals surface area contributed by atoms with Crippen LogP contribution in [0.1, 0.15) is 38.3 Å². The lowest BCUT2D eigenvalue weighted by Gasteiger charge is -2.08. The minimum atomic E-state index is -0.342. The van der Waals surface area contributed by atoms with Gasteiger partial charge >= 0.3 is 0 Å². The zero-order valence-electron chi connectivity index (χ0n) is 13.6. The summed E-state index contributed by atoms with van der Waals surface area (Å²) in [5.74, 6) is -0.776. The average Bonchev–Trinajstić information content (AvgIpc) is 2.78. The summed E-state index contributed by atoms with van der Waals surface area (Å²) in [5.41, 5.74) is 3.54. The molecule has 122 valence electrons. The molecular formula is C19H18N2O3. The SMILES string of the molecule is Cc1ccccc1CCC(=O)Nc1ccc2c(c1)C(=O)N(C)C2=O. The van der Waals surface area contributed by atoms with E-state index in [9.17, 15) is 14.4 Å². The fourth-order valence-electron chi connectivity index (χ4n) is 2.80. The lowest BCUT2D eigenvalue weighted by Crippen LogP contribution is -2.24. The molecule has 1 aliphatic rings. The number of anilines is 1. The first-order valence-corrected chi connectivity index (χ1v) is 7.78. The van der Waals surface area contributed by atoms with E-state index in [2.05, 4.69) is 5.32 Å². The average molecular weight is 322 g/mol. The first kappa shape index (κ1) is 15.9. The van der Waals surface area contributed by atoms with E-state index in [-0.39, 0.29) is 17.7 Å². The molecule has 0 bridgehead atoms. The van der Waals surface area contributed by atoms with Crippen LogP contribution < -0.4 is 5.32 Å². The zero-order valence-corrected chi connectivity index (χ0v) is 13.6. The molecule has 0 saturated carbocycles. The second kappa shape index (κ2) is 6.28. The number of benzene rings is 2. The van der Waals surface area contributed by atoms with Gasteiger partial charge in [-0.2, -0.15) is 0 Å². The summed E-state index contributed by atoms with van der Waals surface area (Å²) in [6.07, 6.45) is 1.01. The van der Waals surface area contributed by atoms with Gasteiger partial charge in [-0.3, -0.25) is 19.3 Å². The molecule has 0 radical (unpaired) electrons. The van der Waals surface area contributed by atoms with E-state index in [1.165, 1.54) is 7.05 Å². The highest BCUT2D eigenvalue weighted by Gasteiger charge is 2.32. The molecule has 0 atom stereocenters. The van der Waals surface area contributed by atoms with Gasteiger partial charge < -0.3 is 5.32 Å². The second-order valence-corrected chi connectivity index (χ2v) is 5.90. The largest absolute Gasteiger partial charge is 0.326 e. The first-order valence-electron chi connectivity index (χ1n) is 7.78. The third kappa shape index (κ3) is 2.93. The predicted molar refractivity (Wildman–Crippen MR) is 91.0 cm³/mol. The van der Waals surface area contributed by atoms with Crippen LogP contribution in [0.3, 0.4) is 0 Å². The number of nitrogens with zero attached hydrogens (tertiary/aromatic N) is 1. The van der Waals surface area contributed by atoms with E-state index < -0.39 is 0 Å². The van der Waals surface area contributed by atoms with Crippen LogP contribution in [0.2, 0.25) is 0 Å². The predicted octanol–water partition coefficient (Wildman–Crippen LogP) is 2.79. The van der Waals surface area contributed by atoms with Crippen LogP contribution in [0, 0.1) is 6.92 Å². The number of amides is 3. The third-order valence-corrected chi connectivity index (χ3v) is 4.26. The number of carbonyl (C=O) groups excluding carboxylic acids is 3. The molecule has 1 aliphatic heterocycles. The molecule has 3 amide bonds. The van der Waals surface area contributed by atoms with Crippen molar-refractivity contribution in [2.45, 2.75) is 19.8 Å². The Hall–Kier alpha value is -2.95. The minimum absolute atomic E-state index is 0.122. The van der Waals surface area contributed by atoms with Crippen LogP contribution in [0.4, 0.5) is 5.69 Å². The first-order chi connectivity index (χ1) is 11.5. The highest BCUT2D eigenvalue weighted by molar-refractivity contribution is 6.21. The standard InChI is InChI=1S/C19H18N2O3/c1-12-5-3-4-6-13(12)7-10-17(22)20-14-8-9-15-16(11-14)19(24)21(2)18(15)23/h3-6,8-9,11H,7,10H2,1-2H3,(H,20,22). The van der Waals surface area contributed by atoms with Crippen molar-refractivity contribution in [2.24, 2.45) is 0 Å². The molecule has 2 aromatic rings. The van der Waals surface area contributed by atoms with Crippen molar-refractivity contribution in [2.75, 3.05) is 12.4 Å². The molecule has 2 aromatic carbocycles. The zero-order chi connectivity index (χ0) is 17.3. The normalized spacial score (nSPS) is 13.2. The van der Waals surface area contributed by atoms with E-state index in [0.29, 0.717) is 29.7 Å². The summed E-state index contributed by atoms with van der Waals surface area (Å²) in [6, 6.07) is 12.7. The molecule has 5 heteroatoms. The molecule has 1 N–H and O–H groups in total. The monoisotopic (exact) mass is 322 g/mol. The Morgan fingerprint density at radius 2 is 1.75 bits per heavy atom. The third-order valence-electron chi connectivity index (χ3n) is 4.26. The van der Waals surface area contributed by atoms with Crippen molar-refractivity contribution in [1.82, 2.24) is 4.90 Å². The second-order valence-electron chi connectivity index (χ2n) is 5.90. The van der Waals surface area contributed by atoms with E-state index in [0.717, 1.165) is 16.0 Å². The molecule has 0 fully saturated rings. The van der Waals surface area contributed by atoms with Gasteiger partial charge in [-0.25, -0.2) is 0 Å². The van der Waals surface area contributed by atoms with Crippen molar-refractivity contribution < 1.29 is 14.4 Å². The Bertz CT molecular complexity index is 842. The number of imide groups is 1. The van der Waals surface area contributed by atoms with Gasteiger partial charge in [0.25, 0.3) is 11.8 Å². The summed E-state index contributed by atoms with van der Waals surface area (Å²) >= 11 is 0. The van der Waals surface area contributed by atoms with Crippen molar-refractivity contribution in [3.05, 3.63) is 64.7 Å². The molecule has 0 saturated heterocycles. The van der Waals surface area contributed by atoms with Crippen LogP contribution in [0.25, 0.3) is 0 Å². The Labute approximate surface area is 140 Å². The van der Waals surface area contributed by atoms with Crippen molar-refractivity contribution >= 4 is 23.4 Å². The summed E-state index contributed by atoms with van der Waals surface area (Å²) in [4.78, 5) is 37.0. The lowest BCUT2D eigenvalue weighted by molar-refractivity contribution is -0.116. The molecule has 3 rings (SSSR count). The molecule has 0 aromatic heterocycles. The van der Waals surface area contributed by atoms with Crippen LogP contribution >= 0.6 is 0 Å². The van der Waals surface area contributed by atoms with Gasteiger partial charge in [0.05, 0.1) is 11.1 Å². The number of rotatable bonds is 4. The lowest BCUT2D eigenvalue weighted by atomic mass is 10.0. The maximum absolute atomic E-state index is 12.1. The molecule has 0 spiro atoms. The minimum Gasteiger partial charge on any atom is -0.326 e. The molecule has 0 aliphatic carbocycles. The van der Waals surface area contributed by atoms with E-state index in [1.807, 2.05) is 31.2 Å². The van der Waals surface area contributed by atoms with Gasteiger partial charge in [-0.1, -0.05) is 24.3 Å². The number of fused-ring (bicyclic) bond motifs is 1. The fraction of sp³-hybridized carbons (Fsp3) is 0.211. The van der Waals surface area contributed by atoms with Crippen LogP contribution in [-0.4, -0.2) is 29.7 Å². The highest BCUT2D eigenvalue weighted by atomic mass is 16.2. The Balaban J connectivity index is 1.67. The van der Waals surface area contributed by atoms with Crippen molar-refractivity contribution in [3.8, 4) is 0 Å². The van der Waals surface area contributed by atoms with E-state index in [4.69, 9.17) is 0 Å². The fourth-order valence-corrected chi connectivity index (χ4v) is 2.80. The molecule has 5 nitrogen and oxygen atoms in total. The van der Waals surface area contributed by atoms with E-state index in [1.54, 1.807) is 18.2 Å². The van der Waals surface area contributed by atoms with Gasteiger partial charge in [0, 0.05) is 19.2 Å². The Morgan fingerprint density at radius 3 is 2.50 bits per heavy atom. The summed E-state index contributed by atoms with van der Waals surface area (Å²) in [6.45, 7) is 2.02. The number of carbonyl (C=O) groups is 3. The van der Waals surface area contributed by atoms with Gasteiger partial charge in [0.15, 0.2) is 0 Å². The van der Waals surface area contributed by atoms with Crippen LogP contribution in [0.15, 0.2) is 42.5 Å². The van der Waals surface area contributed by atoms with Crippen molar-refractivity contribution in [1.29, 1.82) is 0 Å². The molecule has 1 heterocycles. The van der Waals surface area contributed by atoms with Gasteiger partial charge in [-0.15, -0.1) is 0 Å². The summed E-state index contributed by atoms with van der Waals surface area (Å²) < 4.78 is 0. The van der Waals surface area contributed by atoms with E-state index >= 15 is 0 Å². The van der Waals surface area contributed by atoms with Crippen LogP contribution in [0.5, 0.6) is 0 Å². The highest BCUT2D eigenvalue weighted by Crippen LogP contribution is 2.24. The number of hydrogen-bond donors (Lipinski definition) is 1. The Kier molecular flexibility index (Phi) is 4.16. The molecular weight excluding hydrogens is 304 g/mol. The molecule has 0 unspecified atom stereocenters. The smallest absolute Gasteiger partial charge is 0.261 e. The number of hydrogen-bond acceptors (Lipinski definition) is 3. The summed E-state index contributed by atoms with van der Waals surface area (Å²) in [5, 5.41) is 2.79. The van der Waals surface area contributed by atoms with Crippen molar-refractivity contribution in [3.63, 3.8) is 0 Å². The molecule has 24 heavy (non-hydrogen) atoms. The van der Waals surface area contributed by atoms with Crippen LogP contribution in [-0.2, 0) is 11.2 Å². The summed E-state index contributed by atoms with van der Waals surface area (Å²) in [7, 11) is 1.45. The number of nitrogens with one attached hydrogen (secondary N) is 1. The van der Waals surface area contributed by atoms with Gasteiger partial charge in [0.2, 0.25) is 5.91 Å².